The van der Waals surface area contributed by atoms with E-state index in [1.54, 1.807) is 0 Å². The van der Waals surface area contributed by atoms with Gasteiger partial charge in [0.2, 0.25) is 0 Å². The van der Waals surface area contributed by atoms with Crippen molar-refractivity contribution >= 4 is 6.29 Å². The molecule has 2 rings (SSSR count). The van der Waals surface area contributed by atoms with Crippen LogP contribution >= 0.6 is 0 Å². The standard InChI is InChI=1S/C11H16N2O/c14-8-4-2-1-3-5-9-10-6-7-11(9)13-12-10/h5,8,10-11H,1-4,6-7H2/t10-,11+. The number of allylic oxidation sites excluding steroid dienone is 1. The fourth-order valence-corrected chi connectivity index (χ4v) is 2.19. The summed E-state index contributed by atoms with van der Waals surface area (Å²) in [5.74, 6) is 0. The molecule has 14 heavy (non-hydrogen) atoms. The summed E-state index contributed by atoms with van der Waals surface area (Å²) in [5.41, 5.74) is 1.44. The van der Waals surface area contributed by atoms with Gasteiger partial charge >= 0.3 is 0 Å². The summed E-state index contributed by atoms with van der Waals surface area (Å²) in [6.07, 6.45) is 9.58. The first-order valence-electron chi connectivity index (χ1n) is 5.45. The highest BCUT2D eigenvalue weighted by molar-refractivity contribution is 5.48. The lowest BCUT2D eigenvalue weighted by Crippen LogP contribution is -1.99. The number of azo groups is 1. The van der Waals surface area contributed by atoms with Crippen LogP contribution in [0.15, 0.2) is 21.9 Å². The smallest absolute Gasteiger partial charge is 0.119 e. The van der Waals surface area contributed by atoms with E-state index in [1.807, 2.05) is 0 Å². The molecule has 0 aromatic heterocycles. The summed E-state index contributed by atoms with van der Waals surface area (Å²) >= 11 is 0. The molecule has 1 aliphatic carbocycles. The lowest BCUT2D eigenvalue weighted by atomic mass is 10.1. The van der Waals surface area contributed by atoms with Gasteiger partial charge in [-0.2, -0.15) is 10.2 Å². The van der Waals surface area contributed by atoms with Crippen molar-refractivity contribution in [3.05, 3.63) is 11.6 Å². The molecule has 76 valence electrons. The van der Waals surface area contributed by atoms with E-state index in [4.69, 9.17) is 0 Å². The minimum Gasteiger partial charge on any atom is -0.303 e. The number of fused-ring (bicyclic) bond motifs is 2. The maximum Gasteiger partial charge on any atom is 0.119 e. The lowest BCUT2D eigenvalue weighted by molar-refractivity contribution is -0.107. The van der Waals surface area contributed by atoms with Crippen molar-refractivity contribution in [3.63, 3.8) is 0 Å². The molecule has 3 heteroatoms. The summed E-state index contributed by atoms with van der Waals surface area (Å²) in [7, 11) is 0. The molecular weight excluding hydrogens is 176 g/mol. The van der Waals surface area contributed by atoms with E-state index < -0.39 is 0 Å². The molecule has 2 atom stereocenters. The molecule has 1 heterocycles. The zero-order valence-electron chi connectivity index (χ0n) is 8.35. The molecule has 0 N–H and O–H groups in total. The molecule has 2 bridgehead atoms. The molecule has 0 aromatic rings. The van der Waals surface area contributed by atoms with Crippen molar-refractivity contribution in [2.45, 2.75) is 50.6 Å². The SMILES string of the molecule is O=CCCCCC=C1[C@@H]2CC[C@H]1N=N2. The molecule has 1 aliphatic heterocycles. The van der Waals surface area contributed by atoms with Crippen LogP contribution in [0.3, 0.4) is 0 Å². The number of hydrogen-bond acceptors (Lipinski definition) is 3. The van der Waals surface area contributed by atoms with E-state index in [-0.39, 0.29) is 0 Å². The predicted octanol–water partition coefficient (Wildman–Crippen LogP) is 2.67. The Labute approximate surface area is 84.3 Å². The zero-order valence-corrected chi connectivity index (χ0v) is 8.35. The number of carbonyl (C=O) groups excluding carboxylic acids is 1. The average molecular weight is 192 g/mol. The third-order valence-corrected chi connectivity index (χ3v) is 2.98. The van der Waals surface area contributed by atoms with Gasteiger partial charge in [0, 0.05) is 6.42 Å². The van der Waals surface area contributed by atoms with Crippen LogP contribution in [0.4, 0.5) is 0 Å². The molecule has 3 nitrogen and oxygen atoms in total. The summed E-state index contributed by atoms with van der Waals surface area (Å²) in [6, 6.07) is 0.817. The molecule has 0 unspecified atom stereocenters. The Morgan fingerprint density at radius 2 is 1.79 bits per heavy atom. The molecule has 1 fully saturated rings. The second-order valence-corrected chi connectivity index (χ2v) is 4.00. The van der Waals surface area contributed by atoms with Gasteiger partial charge in [0.05, 0.1) is 12.1 Å². The van der Waals surface area contributed by atoms with Crippen LogP contribution in [0.2, 0.25) is 0 Å². The third-order valence-electron chi connectivity index (χ3n) is 2.98. The quantitative estimate of drug-likeness (QED) is 0.375. The summed E-state index contributed by atoms with van der Waals surface area (Å²) in [5, 5.41) is 8.40. The van der Waals surface area contributed by atoms with Gasteiger partial charge in [0.15, 0.2) is 0 Å². The average Bonchev–Trinajstić information content (AvgIpc) is 2.77. The van der Waals surface area contributed by atoms with Crippen LogP contribution in [0, 0.1) is 0 Å². The molecule has 0 radical (unpaired) electrons. The van der Waals surface area contributed by atoms with Crippen LogP contribution in [-0.2, 0) is 4.79 Å². The first kappa shape index (κ1) is 9.56. The van der Waals surface area contributed by atoms with Crippen LogP contribution in [0.25, 0.3) is 0 Å². The molecule has 1 saturated carbocycles. The molecule has 0 amide bonds. The molecular formula is C11H16N2O. The predicted molar refractivity (Wildman–Crippen MR) is 54.3 cm³/mol. The van der Waals surface area contributed by atoms with Crippen molar-refractivity contribution in [2.75, 3.05) is 0 Å². The Morgan fingerprint density at radius 3 is 2.36 bits per heavy atom. The number of carbonyl (C=O) groups is 1. The van der Waals surface area contributed by atoms with Crippen LogP contribution < -0.4 is 0 Å². The Balaban J connectivity index is 1.74. The van der Waals surface area contributed by atoms with Crippen molar-refractivity contribution in [2.24, 2.45) is 10.2 Å². The van der Waals surface area contributed by atoms with Crippen LogP contribution in [-0.4, -0.2) is 18.4 Å². The van der Waals surface area contributed by atoms with Crippen LogP contribution in [0.5, 0.6) is 0 Å². The fraction of sp³-hybridized carbons (Fsp3) is 0.727. The van der Waals surface area contributed by atoms with E-state index in [0.717, 1.165) is 25.5 Å². The van der Waals surface area contributed by atoms with Gasteiger partial charge in [0.1, 0.15) is 6.29 Å². The molecule has 2 aliphatic rings. The summed E-state index contributed by atoms with van der Waals surface area (Å²) < 4.78 is 0. The minimum absolute atomic E-state index is 0.408. The topological polar surface area (TPSA) is 41.8 Å². The third kappa shape index (κ3) is 1.91. The van der Waals surface area contributed by atoms with Crippen molar-refractivity contribution < 1.29 is 4.79 Å². The molecule has 0 spiro atoms. The van der Waals surface area contributed by atoms with Crippen molar-refractivity contribution in [1.29, 1.82) is 0 Å². The fourth-order valence-electron chi connectivity index (χ4n) is 2.19. The van der Waals surface area contributed by atoms with E-state index in [1.165, 1.54) is 18.4 Å². The number of aldehydes is 1. The maximum atomic E-state index is 10.1. The van der Waals surface area contributed by atoms with Crippen molar-refractivity contribution in [3.8, 4) is 0 Å². The zero-order chi connectivity index (χ0) is 9.80. The second-order valence-electron chi connectivity index (χ2n) is 4.00. The monoisotopic (exact) mass is 192 g/mol. The van der Waals surface area contributed by atoms with Gasteiger partial charge < -0.3 is 4.79 Å². The van der Waals surface area contributed by atoms with Gasteiger partial charge in [-0.05, 0) is 37.7 Å². The Morgan fingerprint density at radius 1 is 1.14 bits per heavy atom. The van der Waals surface area contributed by atoms with E-state index in [0.29, 0.717) is 18.5 Å². The van der Waals surface area contributed by atoms with Gasteiger partial charge in [-0.25, -0.2) is 0 Å². The highest BCUT2D eigenvalue weighted by atomic mass is 16.1. The summed E-state index contributed by atoms with van der Waals surface area (Å²) in [6.45, 7) is 0. The largest absolute Gasteiger partial charge is 0.303 e. The highest BCUT2D eigenvalue weighted by Crippen LogP contribution is 2.36. The van der Waals surface area contributed by atoms with Gasteiger partial charge in [0.25, 0.3) is 0 Å². The number of rotatable bonds is 5. The first-order valence-corrected chi connectivity index (χ1v) is 5.45. The second kappa shape index (κ2) is 4.49. The van der Waals surface area contributed by atoms with Crippen LogP contribution in [0.1, 0.15) is 38.5 Å². The summed E-state index contributed by atoms with van der Waals surface area (Å²) in [4.78, 5) is 10.1. The van der Waals surface area contributed by atoms with E-state index >= 15 is 0 Å². The number of unbranched alkanes of at least 4 members (excludes halogenated alkanes) is 3. The van der Waals surface area contributed by atoms with Gasteiger partial charge in [-0.1, -0.05) is 6.08 Å². The highest BCUT2D eigenvalue weighted by Gasteiger charge is 2.34. The van der Waals surface area contributed by atoms with E-state index in [2.05, 4.69) is 16.3 Å². The Bertz CT molecular complexity index is 254. The molecule has 0 aromatic carbocycles. The Hall–Kier alpha value is -0.990. The molecule has 0 saturated heterocycles. The normalized spacial score (nSPS) is 31.6. The van der Waals surface area contributed by atoms with Gasteiger partial charge in [-0.15, -0.1) is 0 Å². The minimum atomic E-state index is 0.408. The lowest BCUT2D eigenvalue weighted by Gasteiger charge is -1.99. The Kier molecular flexibility index (Phi) is 3.07. The maximum absolute atomic E-state index is 10.1. The first-order chi connectivity index (χ1) is 6.92. The van der Waals surface area contributed by atoms with Gasteiger partial charge in [-0.3, -0.25) is 0 Å². The number of hydrogen-bond donors (Lipinski definition) is 0. The number of nitrogens with zero attached hydrogens (tertiary/aromatic N) is 2. The van der Waals surface area contributed by atoms with Crippen molar-refractivity contribution in [1.82, 2.24) is 0 Å². The van der Waals surface area contributed by atoms with E-state index in [9.17, 15) is 4.79 Å².